The van der Waals surface area contributed by atoms with Crippen molar-refractivity contribution in [2.45, 2.75) is 33.4 Å². The average Bonchev–Trinajstić information content (AvgIpc) is 3.26. The fourth-order valence-electron chi connectivity index (χ4n) is 4.74. The Hall–Kier alpha value is -3.41. The van der Waals surface area contributed by atoms with E-state index in [-0.39, 0.29) is 18.8 Å². The largest absolute Gasteiger partial charge is 0.493 e. The molecule has 1 aromatic heterocycles. The maximum atomic E-state index is 14.1. The number of benzene rings is 3. The van der Waals surface area contributed by atoms with Crippen LogP contribution in [0.15, 0.2) is 81.7 Å². The molecule has 1 aliphatic heterocycles. The molecule has 7 nitrogen and oxygen atoms in total. The maximum absolute atomic E-state index is 14.1. The average molecular weight is 715 g/mol. The fourth-order valence-corrected chi connectivity index (χ4v) is 6.52. The highest BCUT2D eigenvalue weighted by atomic mass is 127. The Kier molecular flexibility index (Phi) is 9.19. The van der Waals surface area contributed by atoms with Crippen LogP contribution in [0.4, 0.5) is 0 Å². The summed E-state index contributed by atoms with van der Waals surface area (Å²) in [7, 11) is 1.58. The molecule has 0 saturated carbocycles. The molecule has 0 bridgehead atoms. The lowest BCUT2D eigenvalue weighted by molar-refractivity contribution is -0.139. The van der Waals surface area contributed by atoms with Gasteiger partial charge in [-0.15, -0.1) is 0 Å². The molecule has 0 radical (unpaired) electrons. The molecule has 10 heteroatoms. The van der Waals surface area contributed by atoms with Gasteiger partial charge in [0.1, 0.15) is 6.61 Å². The second kappa shape index (κ2) is 12.8. The van der Waals surface area contributed by atoms with Crippen molar-refractivity contribution in [2.24, 2.45) is 4.99 Å². The van der Waals surface area contributed by atoms with Gasteiger partial charge in [0.25, 0.3) is 5.56 Å². The zero-order chi connectivity index (χ0) is 30.0. The van der Waals surface area contributed by atoms with Gasteiger partial charge < -0.3 is 14.2 Å². The van der Waals surface area contributed by atoms with Crippen LogP contribution in [0.3, 0.4) is 0 Å². The monoisotopic (exact) mass is 714 g/mol. The van der Waals surface area contributed by atoms with E-state index in [0.717, 1.165) is 20.3 Å². The number of thiazole rings is 1. The molecule has 3 aromatic carbocycles. The molecular weight excluding hydrogens is 687 g/mol. The van der Waals surface area contributed by atoms with Crippen LogP contribution < -0.4 is 24.4 Å². The van der Waals surface area contributed by atoms with Gasteiger partial charge in [-0.25, -0.2) is 9.79 Å². The van der Waals surface area contributed by atoms with E-state index in [2.05, 4.69) is 27.6 Å². The molecule has 1 aliphatic rings. The van der Waals surface area contributed by atoms with Gasteiger partial charge in [-0.3, -0.25) is 9.36 Å². The van der Waals surface area contributed by atoms with E-state index in [4.69, 9.17) is 25.8 Å². The number of hydrogen-bond donors (Lipinski definition) is 0. The second-order valence-electron chi connectivity index (χ2n) is 9.65. The Bertz CT molecular complexity index is 1860. The predicted molar refractivity (Wildman–Crippen MR) is 173 cm³/mol. The lowest BCUT2D eigenvalue weighted by atomic mass is 9.95. The molecule has 0 unspecified atom stereocenters. The third kappa shape index (κ3) is 6.18. The van der Waals surface area contributed by atoms with Crippen molar-refractivity contribution < 1.29 is 19.0 Å². The molecule has 42 heavy (non-hydrogen) atoms. The van der Waals surface area contributed by atoms with E-state index in [1.54, 1.807) is 31.6 Å². The van der Waals surface area contributed by atoms with E-state index >= 15 is 0 Å². The first-order chi connectivity index (χ1) is 20.2. The van der Waals surface area contributed by atoms with Crippen LogP contribution in [0.1, 0.15) is 42.1 Å². The lowest BCUT2D eigenvalue weighted by Gasteiger charge is -2.24. The third-order valence-electron chi connectivity index (χ3n) is 6.76. The zero-order valence-corrected chi connectivity index (χ0v) is 27.2. The number of carbonyl (C=O) groups is 1. The van der Waals surface area contributed by atoms with Crippen molar-refractivity contribution in [1.29, 1.82) is 0 Å². The van der Waals surface area contributed by atoms with E-state index in [1.807, 2.05) is 67.6 Å². The number of ether oxygens (including phenoxy) is 3. The van der Waals surface area contributed by atoms with Gasteiger partial charge in [0.15, 0.2) is 16.3 Å². The first-order valence-corrected chi connectivity index (χ1v) is 15.5. The molecule has 0 amide bonds. The van der Waals surface area contributed by atoms with Gasteiger partial charge in [-0.05, 0) is 84.8 Å². The Morgan fingerprint density at radius 3 is 2.50 bits per heavy atom. The third-order valence-corrected chi connectivity index (χ3v) is 8.62. The summed E-state index contributed by atoms with van der Waals surface area (Å²) < 4.78 is 20.2. The summed E-state index contributed by atoms with van der Waals surface area (Å²) >= 11 is 9.51. The van der Waals surface area contributed by atoms with Gasteiger partial charge in [0.2, 0.25) is 0 Å². The van der Waals surface area contributed by atoms with E-state index < -0.39 is 12.0 Å². The normalized spacial score (nSPS) is 14.8. The van der Waals surface area contributed by atoms with Crippen molar-refractivity contribution in [1.82, 2.24) is 4.57 Å². The van der Waals surface area contributed by atoms with Crippen LogP contribution in [0.2, 0.25) is 5.02 Å². The molecule has 216 valence electrons. The Morgan fingerprint density at radius 1 is 1.12 bits per heavy atom. The number of rotatable bonds is 8. The van der Waals surface area contributed by atoms with Crippen LogP contribution in [0, 0.1) is 10.5 Å². The fraction of sp³-hybridized carbons (Fsp3) is 0.219. The quantitative estimate of drug-likeness (QED) is 0.167. The van der Waals surface area contributed by atoms with E-state index in [1.165, 1.54) is 11.3 Å². The summed E-state index contributed by atoms with van der Waals surface area (Å²) in [5.74, 6) is 0.573. The SMILES string of the molecule is CCOC(=O)C1=C(C)N=c2s/c(=C\c3cc(I)cc(OC)c3OCc3ccc(Cl)cc3)c(=O)n2[C@@H]1c1ccc(C)cc1. The minimum absolute atomic E-state index is 0.216. The standard InChI is InChI=1S/C32H28ClIN2O5S/c1-5-40-31(38)27-19(3)35-32-36(28(27)21-10-6-18(2)7-11-21)30(37)26(42-32)15-22-14-24(34)16-25(39-4)29(22)41-17-20-8-12-23(33)13-9-20/h6-16,28H,5,17H2,1-4H3/b26-15-/t28-/m1/s1. The lowest BCUT2D eigenvalue weighted by Crippen LogP contribution is -2.39. The second-order valence-corrected chi connectivity index (χ2v) is 12.3. The van der Waals surface area contributed by atoms with Gasteiger partial charge in [0.05, 0.1) is 35.6 Å². The summed E-state index contributed by atoms with van der Waals surface area (Å²) in [5.41, 5.74) is 4.10. The van der Waals surface area contributed by atoms with Crippen molar-refractivity contribution in [2.75, 3.05) is 13.7 Å². The van der Waals surface area contributed by atoms with Crippen molar-refractivity contribution >= 4 is 57.6 Å². The Balaban J connectivity index is 1.66. The molecular formula is C32H28ClIN2O5S. The smallest absolute Gasteiger partial charge is 0.338 e. The summed E-state index contributed by atoms with van der Waals surface area (Å²) in [4.78, 5) is 32.4. The summed E-state index contributed by atoms with van der Waals surface area (Å²) in [6, 6.07) is 18.3. The molecule has 0 aliphatic carbocycles. The first kappa shape index (κ1) is 30.1. The van der Waals surface area contributed by atoms with Crippen LogP contribution in [0.5, 0.6) is 11.5 Å². The van der Waals surface area contributed by atoms with Crippen LogP contribution in [-0.4, -0.2) is 24.3 Å². The summed E-state index contributed by atoms with van der Waals surface area (Å²) in [5, 5.41) is 0.645. The number of aryl methyl sites for hydroxylation is 1. The number of nitrogens with zero attached hydrogens (tertiary/aromatic N) is 2. The molecule has 4 aromatic rings. The van der Waals surface area contributed by atoms with Crippen LogP contribution in [-0.2, 0) is 16.1 Å². The van der Waals surface area contributed by atoms with Gasteiger partial charge in [-0.1, -0.05) is 64.9 Å². The molecule has 0 N–H and O–H groups in total. The van der Waals surface area contributed by atoms with Crippen LogP contribution >= 0.6 is 45.5 Å². The number of esters is 1. The number of fused-ring (bicyclic) bond motifs is 1. The first-order valence-electron chi connectivity index (χ1n) is 13.2. The highest BCUT2D eigenvalue weighted by molar-refractivity contribution is 14.1. The van der Waals surface area contributed by atoms with Crippen molar-refractivity contribution in [3.63, 3.8) is 0 Å². The van der Waals surface area contributed by atoms with Crippen molar-refractivity contribution in [3.8, 4) is 11.5 Å². The minimum Gasteiger partial charge on any atom is -0.493 e. The number of carbonyl (C=O) groups excluding carboxylic acids is 1. The van der Waals surface area contributed by atoms with Gasteiger partial charge in [-0.2, -0.15) is 0 Å². The highest BCUT2D eigenvalue weighted by Crippen LogP contribution is 2.35. The highest BCUT2D eigenvalue weighted by Gasteiger charge is 2.33. The molecule has 2 heterocycles. The number of methoxy groups -OCH3 is 1. The van der Waals surface area contributed by atoms with E-state index in [9.17, 15) is 9.59 Å². The number of aromatic nitrogens is 1. The van der Waals surface area contributed by atoms with Gasteiger partial charge in [0, 0.05) is 14.2 Å². The zero-order valence-electron chi connectivity index (χ0n) is 23.4. The van der Waals surface area contributed by atoms with Crippen molar-refractivity contribution in [3.05, 3.63) is 122 Å². The van der Waals surface area contributed by atoms with E-state index in [0.29, 0.717) is 42.7 Å². The number of allylic oxidation sites excluding steroid dienone is 1. The maximum Gasteiger partial charge on any atom is 0.338 e. The molecule has 0 saturated heterocycles. The summed E-state index contributed by atoms with van der Waals surface area (Å²) in [6.45, 7) is 6.02. The predicted octanol–water partition coefficient (Wildman–Crippen LogP) is 5.95. The Labute approximate surface area is 265 Å². The molecule has 1 atom stereocenters. The molecule has 0 spiro atoms. The molecule has 0 fully saturated rings. The summed E-state index contributed by atoms with van der Waals surface area (Å²) in [6.07, 6.45) is 1.79. The van der Waals surface area contributed by atoms with Gasteiger partial charge >= 0.3 is 5.97 Å². The number of hydrogen-bond acceptors (Lipinski definition) is 7. The molecule has 5 rings (SSSR count). The Morgan fingerprint density at radius 2 is 1.83 bits per heavy atom. The number of halogens is 2. The topological polar surface area (TPSA) is 79.1 Å². The minimum atomic E-state index is -0.672. The van der Waals surface area contributed by atoms with Crippen LogP contribution in [0.25, 0.3) is 6.08 Å².